The van der Waals surface area contributed by atoms with E-state index in [1.807, 2.05) is 0 Å². The van der Waals surface area contributed by atoms with Gasteiger partial charge < -0.3 is 9.47 Å². The Balaban J connectivity index is 2.90. The molecule has 1 heterocycles. The maximum Gasteiger partial charge on any atom is 0.257 e. The van der Waals surface area contributed by atoms with Crippen LogP contribution in [0.2, 0.25) is 0 Å². The molecule has 0 aromatic heterocycles. The van der Waals surface area contributed by atoms with Crippen LogP contribution in [0.4, 0.5) is 0 Å². The first-order valence-corrected chi connectivity index (χ1v) is 3.86. The van der Waals surface area contributed by atoms with Gasteiger partial charge in [0.05, 0.1) is 4.48 Å². The first-order chi connectivity index (χ1) is 5.25. The van der Waals surface area contributed by atoms with Gasteiger partial charge in [-0.1, -0.05) is 6.58 Å². The molecule has 3 nitrogen and oxygen atoms in total. The van der Waals surface area contributed by atoms with Gasteiger partial charge in [-0.05, 0) is 22.6 Å². The van der Waals surface area contributed by atoms with Crippen molar-refractivity contribution in [3.63, 3.8) is 0 Å². The van der Waals surface area contributed by atoms with E-state index in [-0.39, 0.29) is 0 Å². The van der Waals surface area contributed by atoms with Crippen LogP contribution in [0.15, 0.2) is 27.7 Å². The average molecular weight is 218 g/mol. The molecule has 0 saturated heterocycles. The van der Waals surface area contributed by atoms with Crippen molar-refractivity contribution in [3.8, 4) is 0 Å². The summed E-state index contributed by atoms with van der Waals surface area (Å²) in [7, 11) is 0. The van der Waals surface area contributed by atoms with Gasteiger partial charge in [0.2, 0.25) is 0 Å². The van der Waals surface area contributed by atoms with Crippen LogP contribution in [0, 0.1) is 0 Å². The van der Waals surface area contributed by atoms with Crippen molar-refractivity contribution < 1.29 is 9.47 Å². The van der Waals surface area contributed by atoms with Crippen LogP contribution in [-0.2, 0) is 9.47 Å². The molecular weight excluding hydrogens is 210 g/mol. The summed E-state index contributed by atoms with van der Waals surface area (Å²) in [6.07, 6.45) is 0. The van der Waals surface area contributed by atoms with Crippen LogP contribution in [0.1, 0.15) is 0 Å². The molecule has 4 heteroatoms. The minimum absolute atomic E-state index is 0.401. The third kappa shape index (κ3) is 1.83. The highest BCUT2D eigenvalue weighted by Gasteiger charge is 2.15. The fraction of sp³-hybridized carbons (Fsp3) is 0.286. The van der Waals surface area contributed by atoms with Crippen molar-refractivity contribution in [1.29, 1.82) is 0 Å². The summed E-state index contributed by atoms with van der Waals surface area (Å²) in [4.78, 5) is 3.64. The molecule has 60 valence electrons. The zero-order valence-electron chi connectivity index (χ0n) is 5.97. The predicted octanol–water partition coefficient (Wildman–Crippen LogP) is 1.81. The Bertz CT molecular complexity index is 222. The van der Waals surface area contributed by atoms with Gasteiger partial charge in [0, 0.05) is 0 Å². The molecule has 0 radical (unpaired) electrons. The monoisotopic (exact) mass is 217 g/mol. The van der Waals surface area contributed by atoms with Crippen molar-refractivity contribution in [2.24, 2.45) is 4.99 Å². The molecule has 0 bridgehead atoms. The van der Waals surface area contributed by atoms with E-state index in [9.17, 15) is 0 Å². The average Bonchev–Trinajstić information content (AvgIpc) is 2.04. The molecule has 0 fully saturated rings. The van der Waals surface area contributed by atoms with E-state index in [1.165, 1.54) is 0 Å². The molecule has 11 heavy (non-hydrogen) atoms. The van der Waals surface area contributed by atoms with Crippen molar-refractivity contribution in [1.82, 2.24) is 0 Å². The Morgan fingerprint density at radius 3 is 2.55 bits per heavy atom. The number of ether oxygens (including phenoxy) is 2. The van der Waals surface area contributed by atoms with Gasteiger partial charge in [0.1, 0.15) is 13.2 Å². The van der Waals surface area contributed by atoms with Crippen LogP contribution in [0.5, 0.6) is 0 Å². The van der Waals surface area contributed by atoms with E-state index >= 15 is 0 Å². The van der Waals surface area contributed by atoms with Gasteiger partial charge in [0.15, 0.2) is 5.76 Å². The normalized spacial score (nSPS) is 16.8. The Hall–Kier alpha value is -0.770. The second-order valence-electron chi connectivity index (χ2n) is 1.89. The Morgan fingerprint density at radius 2 is 2.09 bits per heavy atom. The number of aliphatic imine (C=N–C) groups is 1. The van der Waals surface area contributed by atoms with Crippen molar-refractivity contribution >= 4 is 22.6 Å². The second-order valence-corrected chi connectivity index (χ2v) is 2.85. The minimum atomic E-state index is 0.401. The third-order valence-corrected chi connectivity index (χ3v) is 1.51. The highest BCUT2D eigenvalue weighted by atomic mass is 79.9. The summed E-state index contributed by atoms with van der Waals surface area (Å²) < 4.78 is 11.0. The molecule has 0 atom stereocenters. The van der Waals surface area contributed by atoms with Gasteiger partial charge in [-0.25, -0.2) is 4.99 Å². The topological polar surface area (TPSA) is 30.8 Å². The standard InChI is InChI=1S/C7H8BrNO2/c1-5(8)6-7(9-2)11-4-3-10-6/h1-4H2. The summed E-state index contributed by atoms with van der Waals surface area (Å²) >= 11 is 3.17. The highest BCUT2D eigenvalue weighted by molar-refractivity contribution is 9.11. The quantitative estimate of drug-likeness (QED) is 0.661. The predicted molar refractivity (Wildman–Crippen MR) is 46.5 cm³/mol. The molecule has 0 aromatic carbocycles. The number of nitrogens with zero attached hydrogens (tertiary/aromatic N) is 1. The lowest BCUT2D eigenvalue weighted by molar-refractivity contribution is 0.0684. The van der Waals surface area contributed by atoms with E-state index in [0.717, 1.165) is 0 Å². The van der Waals surface area contributed by atoms with E-state index in [0.29, 0.717) is 29.3 Å². The number of hydrogen-bond acceptors (Lipinski definition) is 3. The molecule has 0 aromatic rings. The molecule has 0 amide bonds. The Labute approximate surface area is 73.5 Å². The fourth-order valence-corrected chi connectivity index (χ4v) is 1.01. The Morgan fingerprint density at radius 1 is 1.45 bits per heavy atom. The first-order valence-electron chi connectivity index (χ1n) is 3.07. The van der Waals surface area contributed by atoms with Gasteiger partial charge in [-0.3, -0.25) is 0 Å². The minimum Gasteiger partial charge on any atom is -0.483 e. The lowest BCUT2D eigenvalue weighted by atomic mass is 10.4. The smallest absolute Gasteiger partial charge is 0.257 e. The first kappa shape index (κ1) is 8.33. The zero-order valence-corrected chi connectivity index (χ0v) is 7.56. The fourth-order valence-electron chi connectivity index (χ4n) is 0.721. The molecule has 0 saturated carbocycles. The SMILES string of the molecule is C=NC1=C(C(=C)Br)OCCO1. The van der Waals surface area contributed by atoms with Crippen LogP contribution < -0.4 is 0 Å². The lowest BCUT2D eigenvalue weighted by Gasteiger charge is -2.18. The maximum atomic E-state index is 5.22. The van der Waals surface area contributed by atoms with Crippen molar-refractivity contribution in [2.45, 2.75) is 0 Å². The van der Waals surface area contributed by atoms with Crippen molar-refractivity contribution in [2.75, 3.05) is 13.2 Å². The molecule has 0 N–H and O–H groups in total. The highest BCUT2D eigenvalue weighted by Crippen LogP contribution is 2.24. The summed E-state index contributed by atoms with van der Waals surface area (Å²) in [6, 6.07) is 0. The zero-order chi connectivity index (χ0) is 8.27. The molecule has 0 aliphatic carbocycles. The summed E-state index contributed by atoms with van der Waals surface area (Å²) in [5, 5.41) is 0. The van der Waals surface area contributed by atoms with E-state index < -0.39 is 0 Å². The molecule has 1 aliphatic rings. The number of allylic oxidation sites excluding steroid dienone is 1. The summed E-state index contributed by atoms with van der Waals surface area (Å²) in [5.41, 5.74) is 0. The van der Waals surface area contributed by atoms with Gasteiger partial charge in [-0.2, -0.15) is 0 Å². The molecule has 1 aliphatic heterocycles. The molecule has 1 rings (SSSR count). The van der Waals surface area contributed by atoms with Crippen LogP contribution in [-0.4, -0.2) is 19.9 Å². The number of halogens is 1. The largest absolute Gasteiger partial charge is 0.483 e. The van der Waals surface area contributed by atoms with E-state index in [4.69, 9.17) is 9.47 Å². The summed E-state index contributed by atoms with van der Waals surface area (Å²) in [6.45, 7) is 8.02. The maximum absolute atomic E-state index is 5.22. The number of hydrogen-bond donors (Lipinski definition) is 0. The van der Waals surface area contributed by atoms with Crippen LogP contribution in [0.3, 0.4) is 0 Å². The molecule has 0 spiro atoms. The van der Waals surface area contributed by atoms with E-state index in [1.54, 1.807) is 0 Å². The van der Waals surface area contributed by atoms with Gasteiger partial charge in [0.25, 0.3) is 5.88 Å². The van der Waals surface area contributed by atoms with Crippen molar-refractivity contribution in [3.05, 3.63) is 22.7 Å². The van der Waals surface area contributed by atoms with Gasteiger partial charge >= 0.3 is 0 Å². The Kier molecular flexibility index (Phi) is 2.70. The van der Waals surface area contributed by atoms with Crippen LogP contribution in [0.25, 0.3) is 0 Å². The molecule has 0 unspecified atom stereocenters. The van der Waals surface area contributed by atoms with E-state index in [2.05, 4.69) is 34.2 Å². The third-order valence-electron chi connectivity index (χ3n) is 1.15. The van der Waals surface area contributed by atoms with Crippen LogP contribution >= 0.6 is 15.9 Å². The van der Waals surface area contributed by atoms with Gasteiger partial charge in [-0.15, -0.1) is 0 Å². The lowest BCUT2D eigenvalue weighted by Crippen LogP contribution is -2.12. The summed E-state index contributed by atoms with van der Waals surface area (Å²) in [5.74, 6) is 0.935. The second kappa shape index (κ2) is 3.57. The molecular formula is C7H8BrNO2. The number of rotatable bonds is 2.